The molecule has 0 N–H and O–H groups in total. The van der Waals surface area contributed by atoms with Gasteiger partial charge in [-0.05, 0) is 59.6 Å². The van der Waals surface area contributed by atoms with Crippen LogP contribution in [0.15, 0.2) is 146 Å². The summed E-state index contributed by atoms with van der Waals surface area (Å²) in [6.07, 6.45) is 0. The van der Waals surface area contributed by atoms with Gasteiger partial charge in [-0.1, -0.05) is 109 Å². The highest BCUT2D eigenvalue weighted by atomic mass is 15.0. The zero-order valence-electron chi connectivity index (χ0n) is 25.6. The van der Waals surface area contributed by atoms with Crippen molar-refractivity contribution in [3.05, 3.63) is 157 Å². The van der Waals surface area contributed by atoms with Crippen molar-refractivity contribution in [2.45, 2.75) is 0 Å². The maximum Gasteiger partial charge on any atom is 0.0645 e. The van der Waals surface area contributed by atoms with Crippen LogP contribution in [-0.2, 0) is 0 Å². The van der Waals surface area contributed by atoms with Crippen molar-refractivity contribution < 1.29 is 5.48 Å². The van der Waals surface area contributed by atoms with Gasteiger partial charge in [0.05, 0.1) is 27.5 Å². The van der Waals surface area contributed by atoms with Crippen LogP contribution >= 0.6 is 0 Å². The second-order valence-corrected chi connectivity index (χ2v) is 9.92. The number of benzene rings is 6. The lowest BCUT2D eigenvalue weighted by molar-refractivity contribution is 1.18. The molecule has 0 amide bonds. The van der Waals surface area contributed by atoms with Crippen LogP contribution < -0.4 is 0 Å². The molecule has 40 heavy (non-hydrogen) atoms. The highest BCUT2D eigenvalue weighted by molar-refractivity contribution is 6.10. The van der Waals surface area contributed by atoms with Gasteiger partial charge in [0.15, 0.2) is 0 Å². The van der Waals surface area contributed by atoms with Gasteiger partial charge in [0.25, 0.3) is 0 Å². The van der Waals surface area contributed by atoms with Crippen molar-refractivity contribution in [1.82, 2.24) is 9.13 Å². The Bertz CT molecular complexity index is 2320. The van der Waals surface area contributed by atoms with Crippen LogP contribution in [0.3, 0.4) is 0 Å². The Morgan fingerprint density at radius 2 is 0.775 bits per heavy atom. The van der Waals surface area contributed by atoms with Gasteiger partial charge in [-0.3, -0.25) is 0 Å². The maximum atomic E-state index is 8.96. The van der Waals surface area contributed by atoms with Gasteiger partial charge >= 0.3 is 0 Å². The summed E-state index contributed by atoms with van der Waals surface area (Å²) in [6.45, 7) is 0. The van der Waals surface area contributed by atoms with Crippen LogP contribution in [0.4, 0.5) is 0 Å². The predicted molar refractivity (Wildman–Crippen MR) is 170 cm³/mol. The van der Waals surface area contributed by atoms with Gasteiger partial charge in [-0.25, -0.2) is 0 Å². The lowest BCUT2D eigenvalue weighted by Crippen LogP contribution is -1.93. The summed E-state index contributed by atoms with van der Waals surface area (Å²) >= 11 is 0. The lowest BCUT2D eigenvalue weighted by Gasteiger charge is -2.09. The standard InChI is InChI=1S/C38H26N2/c1-5-13-35-31(9-1)32-10-2-6-14-36(32)39(35)29-23-19-27(20-24-29)17-18-28-21-25-30(26-22-28)40-37-15-7-3-11-33(37)34-12-4-8-16-38(34)40/h1-26H/i17D,18D,19D,23D. The van der Waals surface area contributed by atoms with E-state index in [4.69, 9.17) is 5.48 Å². The molecular weight excluding hydrogens is 484 g/mol. The number of aromatic nitrogens is 2. The molecule has 0 aliphatic heterocycles. The van der Waals surface area contributed by atoms with Gasteiger partial charge in [-0.2, -0.15) is 0 Å². The molecule has 2 nitrogen and oxygen atoms in total. The largest absolute Gasteiger partial charge is 0.309 e. The number of hydrogen-bond donors (Lipinski definition) is 0. The van der Waals surface area contributed by atoms with Gasteiger partial charge in [0.2, 0.25) is 0 Å². The Kier molecular flexibility index (Phi) is 4.31. The molecule has 0 atom stereocenters. The Hall–Kier alpha value is -5.34. The van der Waals surface area contributed by atoms with E-state index < -0.39 is 0 Å². The molecule has 8 aromatic rings. The Labute approximate surface area is 238 Å². The fourth-order valence-corrected chi connectivity index (χ4v) is 5.80. The minimum absolute atomic E-state index is 0.0104. The van der Waals surface area contributed by atoms with Gasteiger partial charge in [-0.15, -0.1) is 0 Å². The number of para-hydroxylation sites is 4. The van der Waals surface area contributed by atoms with Gasteiger partial charge < -0.3 is 9.13 Å². The van der Waals surface area contributed by atoms with Crippen LogP contribution in [0.2, 0.25) is 0 Å². The Morgan fingerprint density at radius 3 is 1.27 bits per heavy atom. The molecular formula is C38H26N2. The first-order valence-electron chi connectivity index (χ1n) is 15.4. The molecule has 188 valence electrons. The molecule has 8 rings (SSSR count). The molecule has 0 unspecified atom stereocenters. The van der Waals surface area contributed by atoms with Crippen molar-refractivity contribution in [3.63, 3.8) is 0 Å². The zero-order chi connectivity index (χ0) is 29.9. The highest BCUT2D eigenvalue weighted by Crippen LogP contribution is 2.33. The molecule has 2 heterocycles. The van der Waals surface area contributed by atoms with E-state index in [2.05, 4.69) is 41.0 Å². The molecule has 0 spiro atoms. The quantitative estimate of drug-likeness (QED) is 0.207. The third-order valence-electron chi connectivity index (χ3n) is 7.60. The van der Waals surface area contributed by atoms with Crippen LogP contribution in [0, 0.1) is 0 Å². The summed E-state index contributed by atoms with van der Waals surface area (Å²) in [6, 6.07) is 43.8. The van der Waals surface area contributed by atoms with E-state index in [9.17, 15) is 0 Å². The fraction of sp³-hybridized carbons (Fsp3) is 0. The smallest absolute Gasteiger partial charge is 0.0645 e. The zero-order valence-corrected chi connectivity index (χ0v) is 21.6. The number of rotatable bonds is 4. The van der Waals surface area contributed by atoms with E-state index in [1.807, 2.05) is 89.5 Å². The normalized spacial score (nSPS) is 13.8. The van der Waals surface area contributed by atoms with Crippen molar-refractivity contribution >= 4 is 55.7 Å². The van der Waals surface area contributed by atoms with E-state index in [1.165, 1.54) is 10.8 Å². The summed E-state index contributed by atoms with van der Waals surface area (Å²) in [7, 11) is 0. The monoisotopic (exact) mass is 514 g/mol. The molecule has 0 saturated heterocycles. The molecule has 0 bridgehead atoms. The molecule has 0 aliphatic rings. The predicted octanol–water partition coefficient (Wildman–Crippen LogP) is 10.1. The van der Waals surface area contributed by atoms with E-state index in [0.717, 1.165) is 38.5 Å². The Balaban J connectivity index is 1.20. The van der Waals surface area contributed by atoms with Gasteiger partial charge in [0, 0.05) is 32.9 Å². The third kappa shape index (κ3) is 3.58. The average molecular weight is 515 g/mol. The van der Waals surface area contributed by atoms with Crippen molar-refractivity contribution in [2.24, 2.45) is 0 Å². The van der Waals surface area contributed by atoms with Crippen LogP contribution in [0.25, 0.3) is 67.1 Å². The molecule has 0 aliphatic carbocycles. The summed E-state index contributed by atoms with van der Waals surface area (Å²) in [5, 5.41) is 4.52. The number of hydrogen-bond acceptors (Lipinski definition) is 0. The second-order valence-electron chi connectivity index (χ2n) is 9.92. The molecule has 2 aromatic heterocycles. The molecule has 6 aromatic carbocycles. The summed E-state index contributed by atoms with van der Waals surface area (Å²) < 4.78 is 39.8. The lowest BCUT2D eigenvalue weighted by atomic mass is 10.1. The highest BCUT2D eigenvalue weighted by Gasteiger charge is 2.12. The molecule has 0 fully saturated rings. The second kappa shape index (κ2) is 9.14. The topological polar surface area (TPSA) is 9.86 Å². The van der Waals surface area contributed by atoms with Crippen molar-refractivity contribution in [2.75, 3.05) is 0 Å². The van der Waals surface area contributed by atoms with Crippen LogP contribution in [0.5, 0.6) is 0 Å². The Morgan fingerprint density at radius 1 is 0.400 bits per heavy atom. The van der Waals surface area contributed by atoms with Crippen LogP contribution in [0.1, 0.15) is 16.6 Å². The van der Waals surface area contributed by atoms with E-state index in [0.29, 0.717) is 11.3 Å². The van der Waals surface area contributed by atoms with Gasteiger partial charge in [0.1, 0.15) is 0 Å². The SMILES string of the molecule is [2H]C(=C([2H])c1ccc(-n2c3ccccc3c3ccccc32)c([2H])c1[2H])c1ccc(-n2c3ccccc3c3ccccc32)cc1. The van der Waals surface area contributed by atoms with Crippen molar-refractivity contribution in [3.8, 4) is 11.4 Å². The fourth-order valence-electron chi connectivity index (χ4n) is 5.80. The minimum Gasteiger partial charge on any atom is -0.309 e. The minimum atomic E-state index is -0.0816. The number of fused-ring (bicyclic) bond motifs is 6. The third-order valence-corrected chi connectivity index (χ3v) is 7.60. The van der Waals surface area contributed by atoms with E-state index in [-0.39, 0.29) is 29.8 Å². The summed E-state index contributed by atoms with van der Waals surface area (Å²) in [5.74, 6) is 0. The summed E-state index contributed by atoms with van der Waals surface area (Å²) in [5.41, 5.74) is 6.51. The summed E-state index contributed by atoms with van der Waals surface area (Å²) in [4.78, 5) is 0. The van der Waals surface area contributed by atoms with Crippen molar-refractivity contribution in [1.29, 1.82) is 0 Å². The average Bonchev–Trinajstić information content (AvgIpc) is 3.59. The molecule has 2 heteroatoms. The first-order chi connectivity index (χ1) is 21.5. The van der Waals surface area contributed by atoms with E-state index >= 15 is 0 Å². The van der Waals surface area contributed by atoms with E-state index in [1.54, 1.807) is 12.1 Å². The number of nitrogens with zero attached hydrogens (tertiary/aromatic N) is 2. The first kappa shape index (κ1) is 18.8. The molecule has 0 saturated carbocycles. The maximum absolute atomic E-state index is 8.96. The molecule has 0 radical (unpaired) electrons. The first-order valence-corrected chi connectivity index (χ1v) is 13.4. The van der Waals surface area contributed by atoms with Crippen LogP contribution in [-0.4, -0.2) is 9.13 Å².